The third-order valence-corrected chi connectivity index (χ3v) is 4.71. The Balaban J connectivity index is 2.22. The second kappa shape index (κ2) is 4.52. The smallest absolute Gasteiger partial charge is 0.231 e. The maximum Gasteiger partial charge on any atom is 0.231 e. The summed E-state index contributed by atoms with van der Waals surface area (Å²) in [6.07, 6.45) is 4.11. The van der Waals surface area contributed by atoms with Gasteiger partial charge < -0.3 is 9.64 Å². The summed E-state index contributed by atoms with van der Waals surface area (Å²) in [5.74, 6) is 0.777. The monoisotopic (exact) mass is 253 g/mol. The number of hydrogen-bond donors (Lipinski definition) is 0. The van der Waals surface area contributed by atoms with Crippen LogP contribution in [0.1, 0.15) is 60.3 Å². The summed E-state index contributed by atoms with van der Waals surface area (Å²) < 4.78 is 5.99. The molecule has 3 heteroatoms. The first-order valence-electron chi connectivity index (χ1n) is 7.32. The first-order valence-corrected chi connectivity index (χ1v) is 7.32. The van der Waals surface area contributed by atoms with Gasteiger partial charge >= 0.3 is 0 Å². The number of fused-ring (bicyclic) bond motifs is 1. The number of unbranched alkanes of at least 4 members (excludes halogenated alkanes) is 1. The molecule has 3 nitrogen and oxygen atoms in total. The van der Waals surface area contributed by atoms with Gasteiger partial charge in [-0.25, -0.2) is 0 Å². The first kappa shape index (κ1) is 13.9. The zero-order chi connectivity index (χ0) is 13.6. The summed E-state index contributed by atoms with van der Waals surface area (Å²) in [5, 5.41) is 0. The van der Waals surface area contributed by atoms with Gasteiger partial charge in [-0.3, -0.25) is 4.79 Å². The molecule has 2 aliphatic heterocycles. The first-order chi connectivity index (χ1) is 8.34. The van der Waals surface area contributed by atoms with E-state index in [0.29, 0.717) is 18.4 Å². The number of rotatable bonds is 4. The van der Waals surface area contributed by atoms with Crippen LogP contribution in [0.3, 0.4) is 0 Å². The van der Waals surface area contributed by atoms with Gasteiger partial charge in [-0.05, 0) is 19.3 Å². The number of amides is 1. The Hall–Kier alpha value is -0.570. The lowest BCUT2D eigenvalue weighted by molar-refractivity contribution is -0.142. The average molecular weight is 253 g/mol. The van der Waals surface area contributed by atoms with E-state index in [4.69, 9.17) is 4.74 Å². The molecule has 2 aliphatic rings. The van der Waals surface area contributed by atoms with Crippen molar-refractivity contribution in [2.45, 2.75) is 72.1 Å². The van der Waals surface area contributed by atoms with Gasteiger partial charge in [0.1, 0.15) is 5.72 Å². The van der Waals surface area contributed by atoms with Crippen LogP contribution in [0.25, 0.3) is 0 Å². The molecule has 0 bridgehead atoms. The van der Waals surface area contributed by atoms with E-state index in [9.17, 15) is 4.79 Å². The maximum absolute atomic E-state index is 12.8. The largest absolute Gasteiger partial charge is 0.354 e. The van der Waals surface area contributed by atoms with E-state index in [-0.39, 0.29) is 17.2 Å². The van der Waals surface area contributed by atoms with E-state index in [0.717, 1.165) is 25.7 Å². The summed E-state index contributed by atoms with van der Waals surface area (Å²) >= 11 is 0. The fraction of sp³-hybridized carbons (Fsp3) is 0.933. The van der Waals surface area contributed by atoms with Crippen LogP contribution in [-0.4, -0.2) is 29.2 Å². The van der Waals surface area contributed by atoms with Crippen molar-refractivity contribution >= 4 is 5.91 Å². The molecular formula is C15H27NO2. The molecule has 0 N–H and O–H groups in total. The van der Waals surface area contributed by atoms with Crippen LogP contribution >= 0.6 is 0 Å². The minimum absolute atomic E-state index is 0.210. The van der Waals surface area contributed by atoms with Crippen molar-refractivity contribution in [2.75, 3.05) is 6.61 Å². The molecule has 104 valence electrons. The van der Waals surface area contributed by atoms with Crippen molar-refractivity contribution < 1.29 is 9.53 Å². The number of hydrogen-bond acceptors (Lipinski definition) is 2. The van der Waals surface area contributed by atoms with Crippen molar-refractivity contribution in [1.82, 2.24) is 4.90 Å². The molecule has 0 radical (unpaired) electrons. The Kier molecular flexibility index (Phi) is 3.48. The molecule has 3 atom stereocenters. The summed E-state index contributed by atoms with van der Waals surface area (Å²) in [6, 6.07) is 0.256. The van der Waals surface area contributed by atoms with Crippen molar-refractivity contribution in [3.05, 3.63) is 0 Å². The predicted molar refractivity (Wildman–Crippen MR) is 72.1 cm³/mol. The van der Waals surface area contributed by atoms with Crippen LogP contribution < -0.4 is 0 Å². The van der Waals surface area contributed by atoms with Crippen LogP contribution in [0.2, 0.25) is 0 Å². The van der Waals surface area contributed by atoms with Gasteiger partial charge in [0.05, 0.1) is 18.1 Å². The van der Waals surface area contributed by atoms with Gasteiger partial charge in [0.15, 0.2) is 0 Å². The fourth-order valence-electron chi connectivity index (χ4n) is 3.60. The van der Waals surface area contributed by atoms with Gasteiger partial charge in [-0.15, -0.1) is 0 Å². The fourth-order valence-corrected chi connectivity index (χ4v) is 3.60. The Bertz CT molecular complexity index is 341. The van der Waals surface area contributed by atoms with Crippen molar-refractivity contribution in [1.29, 1.82) is 0 Å². The van der Waals surface area contributed by atoms with Crippen LogP contribution in [0.5, 0.6) is 0 Å². The summed E-state index contributed by atoms with van der Waals surface area (Å²) in [5.41, 5.74) is -0.563. The Morgan fingerprint density at radius 3 is 2.67 bits per heavy atom. The lowest BCUT2D eigenvalue weighted by atomic mass is 9.81. The highest BCUT2D eigenvalue weighted by molar-refractivity contribution is 5.86. The Morgan fingerprint density at radius 1 is 1.44 bits per heavy atom. The molecule has 0 aromatic heterocycles. The van der Waals surface area contributed by atoms with Crippen molar-refractivity contribution in [3.63, 3.8) is 0 Å². The Labute approximate surface area is 111 Å². The van der Waals surface area contributed by atoms with E-state index in [2.05, 4.69) is 34.6 Å². The average Bonchev–Trinajstić information content (AvgIpc) is 2.70. The number of ether oxygens (including phenoxy) is 1. The van der Waals surface area contributed by atoms with Gasteiger partial charge in [0, 0.05) is 6.42 Å². The molecular weight excluding hydrogens is 226 g/mol. The maximum atomic E-state index is 12.8. The minimum Gasteiger partial charge on any atom is -0.354 e. The number of carbonyl (C=O) groups is 1. The molecule has 2 heterocycles. The van der Waals surface area contributed by atoms with Crippen molar-refractivity contribution in [3.8, 4) is 0 Å². The zero-order valence-electron chi connectivity index (χ0n) is 12.5. The molecule has 0 aromatic carbocycles. The second-order valence-corrected chi connectivity index (χ2v) is 6.81. The minimum atomic E-state index is -0.353. The molecule has 1 amide bonds. The van der Waals surface area contributed by atoms with Crippen LogP contribution in [0.15, 0.2) is 0 Å². The van der Waals surface area contributed by atoms with Gasteiger partial charge in [0.2, 0.25) is 5.91 Å². The Morgan fingerprint density at radius 2 is 2.11 bits per heavy atom. The third kappa shape index (κ3) is 1.97. The molecule has 2 saturated heterocycles. The van der Waals surface area contributed by atoms with Gasteiger partial charge in [-0.2, -0.15) is 0 Å². The third-order valence-electron chi connectivity index (χ3n) is 4.71. The number of nitrogens with zero attached hydrogens (tertiary/aromatic N) is 1. The molecule has 0 spiro atoms. The molecule has 2 fully saturated rings. The summed E-state index contributed by atoms with van der Waals surface area (Å²) in [6.45, 7) is 11.4. The topological polar surface area (TPSA) is 29.5 Å². The van der Waals surface area contributed by atoms with Crippen LogP contribution in [-0.2, 0) is 9.53 Å². The van der Waals surface area contributed by atoms with E-state index in [1.807, 2.05) is 4.90 Å². The van der Waals surface area contributed by atoms with E-state index < -0.39 is 0 Å². The van der Waals surface area contributed by atoms with E-state index in [1.54, 1.807) is 0 Å². The molecule has 0 saturated carbocycles. The van der Waals surface area contributed by atoms with Crippen LogP contribution in [0, 0.1) is 11.3 Å². The molecule has 0 unspecified atom stereocenters. The van der Waals surface area contributed by atoms with Crippen molar-refractivity contribution in [2.24, 2.45) is 11.3 Å². The highest BCUT2D eigenvalue weighted by Gasteiger charge is 2.60. The lowest BCUT2D eigenvalue weighted by Crippen LogP contribution is -2.46. The lowest BCUT2D eigenvalue weighted by Gasteiger charge is -2.31. The van der Waals surface area contributed by atoms with Gasteiger partial charge in [0.25, 0.3) is 0 Å². The molecule has 2 rings (SSSR count). The normalized spacial score (nSPS) is 39.8. The molecule has 18 heavy (non-hydrogen) atoms. The molecule has 0 aromatic rings. The number of carbonyl (C=O) groups excluding carboxylic acids is 1. The zero-order valence-corrected chi connectivity index (χ0v) is 12.5. The van der Waals surface area contributed by atoms with Gasteiger partial charge in [-0.1, -0.05) is 40.5 Å². The highest BCUT2D eigenvalue weighted by Crippen LogP contribution is 2.50. The second-order valence-electron chi connectivity index (χ2n) is 6.81. The standard InChI is InChI=1S/C15H27NO2/c1-6-7-8-14(4)10-15(5)16(13(14)17)12(9-18-15)11(2)3/h11-12H,6-10H2,1-5H3/t12-,14-,15-/m1/s1. The quantitative estimate of drug-likeness (QED) is 0.770. The molecule has 0 aliphatic carbocycles. The highest BCUT2D eigenvalue weighted by atomic mass is 16.5. The van der Waals surface area contributed by atoms with E-state index in [1.165, 1.54) is 0 Å². The summed E-state index contributed by atoms with van der Waals surface area (Å²) in [4.78, 5) is 14.8. The predicted octanol–water partition coefficient (Wildman–Crippen LogP) is 3.19. The SMILES string of the molecule is CCCC[C@]1(C)C[C@@]2(C)OC[C@H](C(C)C)N2C1=O. The summed E-state index contributed by atoms with van der Waals surface area (Å²) in [7, 11) is 0. The van der Waals surface area contributed by atoms with Crippen LogP contribution in [0.4, 0.5) is 0 Å². The van der Waals surface area contributed by atoms with E-state index >= 15 is 0 Å².